The summed E-state index contributed by atoms with van der Waals surface area (Å²) in [7, 11) is 0. The van der Waals surface area contributed by atoms with E-state index >= 15 is 0 Å². The molecule has 0 fully saturated rings. The van der Waals surface area contributed by atoms with Gasteiger partial charge in [-0.1, -0.05) is 0 Å². The Balaban J connectivity index is 2.64. The van der Waals surface area contributed by atoms with E-state index < -0.39 is 17.9 Å². The highest BCUT2D eigenvalue weighted by molar-refractivity contribution is 5.88. The molecule has 1 amide bonds. The number of hydrogen-bond donors (Lipinski definition) is 2. The monoisotopic (exact) mass is 226 g/mol. The van der Waals surface area contributed by atoms with E-state index in [0.29, 0.717) is 12.2 Å². The smallest absolute Gasteiger partial charge is 0.341 e. The molecule has 0 bridgehead atoms. The molecule has 0 aliphatic rings. The van der Waals surface area contributed by atoms with Crippen molar-refractivity contribution in [1.29, 1.82) is 0 Å². The Labute approximate surface area is 92.3 Å². The molecule has 0 aliphatic heterocycles. The van der Waals surface area contributed by atoms with Gasteiger partial charge in [0.2, 0.25) is 5.91 Å². The Kier molecular flexibility index (Phi) is 4.01. The van der Waals surface area contributed by atoms with Crippen molar-refractivity contribution in [1.82, 2.24) is 9.78 Å². The van der Waals surface area contributed by atoms with Gasteiger partial charge in [0.1, 0.15) is 6.04 Å². The number of nitrogens with two attached hydrogens (primary N) is 2. The number of hydrogen-bond acceptors (Lipinski definition) is 5. The van der Waals surface area contributed by atoms with Gasteiger partial charge in [-0.15, -0.1) is 0 Å². The van der Waals surface area contributed by atoms with Crippen LogP contribution < -0.4 is 11.5 Å². The SMILES string of the molecule is CCOC(=O)c1cnn(CC(N)C(N)=O)c1. The summed E-state index contributed by atoms with van der Waals surface area (Å²) in [5.41, 5.74) is 10.8. The maximum Gasteiger partial charge on any atom is 0.341 e. The van der Waals surface area contributed by atoms with Gasteiger partial charge in [0, 0.05) is 6.20 Å². The van der Waals surface area contributed by atoms with Gasteiger partial charge < -0.3 is 16.2 Å². The Morgan fingerprint density at radius 3 is 2.88 bits per heavy atom. The lowest BCUT2D eigenvalue weighted by molar-refractivity contribution is -0.119. The first-order valence-electron chi connectivity index (χ1n) is 4.79. The fourth-order valence-corrected chi connectivity index (χ4v) is 1.07. The largest absolute Gasteiger partial charge is 0.462 e. The highest BCUT2D eigenvalue weighted by atomic mass is 16.5. The van der Waals surface area contributed by atoms with Crippen LogP contribution in [0.4, 0.5) is 0 Å². The van der Waals surface area contributed by atoms with Crippen molar-refractivity contribution < 1.29 is 14.3 Å². The maximum absolute atomic E-state index is 11.3. The molecular weight excluding hydrogens is 212 g/mol. The molecule has 0 spiro atoms. The second-order valence-electron chi connectivity index (χ2n) is 3.18. The molecule has 0 aliphatic carbocycles. The van der Waals surface area contributed by atoms with Crippen LogP contribution in [-0.2, 0) is 16.1 Å². The molecule has 1 rings (SSSR count). The van der Waals surface area contributed by atoms with Crippen molar-refractivity contribution in [3.63, 3.8) is 0 Å². The van der Waals surface area contributed by atoms with Crippen LogP contribution in [0.25, 0.3) is 0 Å². The number of carbonyl (C=O) groups is 2. The Bertz CT molecular complexity index is 388. The summed E-state index contributed by atoms with van der Waals surface area (Å²) in [5.74, 6) is -1.07. The number of nitrogens with zero attached hydrogens (tertiary/aromatic N) is 2. The molecule has 7 heteroatoms. The van der Waals surface area contributed by atoms with Crippen LogP contribution in [-0.4, -0.2) is 34.3 Å². The van der Waals surface area contributed by atoms with E-state index in [4.69, 9.17) is 16.2 Å². The van der Waals surface area contributed by atoms with Crippen molar-refractivity contribution >= 4 is 11.9 Å². The average molecular weight is 226 g/mol. The third-order valence-corrected chi connectivity index (χ3v) is 1.89. The van der Waals surface area contributed by atoms with E-state index in [9.17, 15) is 9.59 Å². The molecule has 0 aromatic carbocycles. The van der Waals surface area contributed by atoms with E-state index in [0.717, 1.165) is 0 Å². The van der Waals surface area contributed by atoms with Gasteiger partial charge in [-0.25, -0.2) is 4.79 Å². The number of primary amides is 1. The molecular formula is C9H14N4O3. The van der Waals surface area contributed by atoms with Gasteiger partial charge in [0.05, 0.1) is 24.9 Å². The van der Waals surface area contributed by atoms with Gasteiger partial charge in [-0.05, 0) is 6.92 Å². The van der Waals surface area contributed by atoms with E-state index in [-0.39, 0.29) is 6.54 Å². The van der Waals surface area contributed by atoms with E-state index in [1.807, 2.05) is 0 Å². The molecule has 0 radical (unpaired) electrons. The average Bonchev–Trinajstić information content (AvgIpc) is 2.66. The Morgan fingerprint density at radius 1 is 1.62 bits per heavy atom. The first-order valence-corrected chi connectivity index (χ1v) is 4.79. The quantitative estimate of drug-likeness (QED) is 0.617. The molecule has 1 aromatic rings. The molecule has 16 heavy (non-hydrogen) atoms. The standard InChI is InChI=1S/C9H14N4O3/c1-2-16-9(15)6-3-12-13(4-6)5-7(10)8(11)14/h3-4,7H,2,5,10H2,1H3,(H2,11,14). The van der Waals surface area contributed by atoms with Crippen molar-refractivity contribution in [3.8, 4) is 0 Å². The third kappa shape index (κ3) is 3.06. The minimum absolute atomic E-state index is 0.134. The van der Waals surface area contributed by atoms with Crippen LogP contribution in [0.5, 0.6) is 0 Å². The van der Waals surface area contributed by atoms with E-state index in [1.54, 1.807) is 6.92 Å². The zero-order valence-corrected chi connectivity index (χ0v) is 8.92. The van der Waals surface area contributed by atoms with Crippen molar-refractivity contribution in [2.75, 3.05) is 6.61 Å². The van der Waals surface area contributed by atoms with Gasteiger partial charge >= 0.3 is 5.97 Å². The molecule has 0 saturated heterocycles. The summed E-state index contributed by atoms with van der Waals surface area (Å²) in [6, 6.07) is -0.824. The number of ether oxygens (including phenoxy) is 1. The van der Waals surface area contributed by atoms with Crippen LogP contribution in [0, 0.1) is 0 Å². The van der Waals surface area contributed by atoms with Crippen molar-refractivity contribution in [2.24, 2.45) is 11.5 Å². The molecule has 7 nitrogen and oxygen atoms in total. The Morgan fingerprint density at radius 2 is 2.31 bits per heavy atom. The van der Waals surface area contributed by atoms with Gasteiger partial charge in [-0.3, -0.25) is 9.48 Å². The molecule has 4 N–H and O–H groups in total. The molecule has 1 atom stereocenters. The highest BCUT2D eigenvalue weighted by Gasteiger charge is 2.13. The van der Waals surface area contributed by atoms with Crippen LogP contribution in [0.3, 0.4) is 0 Å². The highest BCUT2D eigenvalue weighted by Crippen LogP contribution is 2.01. The summed E-state index contributed by atoms with van der Waals surface area (Å²) >= 11 is 0. The zero-order valence-electron chi connectivity index (χ0n) is 8.92. The van der Waals surface area contributed by atoms with Gasteiger partial charge in [0.15, 0.2) is 0 Å². The third-order valence-electron chi connectivity index (χ3n) is 1.89. The number of carbonyl (C=O) groups excluding carboxylic acids is 2. The second kappa shape index (κ2) is 5.26. The number of rotatable bonds is 5. The fourth-order valence-electron chi connectivity index (χ4n) is 1.07. The first kappa shape index (κ1) is 12.2. The molecule has 1 heterocycles. The maximum atomic E-state index is 11.3. The van der Waals surface area contributed by atoms with E-state index in [2.05, 4.69) is 5.10 Å². The van der Waals surface area contributed by atoms with Gasteiger partial charge in [-0.2, -0.15) is 5.10 Å². The normalized spacial score (nSPS) is 12.1. The number of esters is 1. The molecule has 1 aromatic heterocycles. The molecule has 1 unspecified atom stereocenters. The fraction of sp³-hybridized carbons (Fsp3) is 0.444. The van der Waals surface area contributed by atoms with Gasteiger partial charge in [0.25, 0.3) is 0 Å². The predicted octanol–water partition coefficient (Wildman–Crippen LogP) is -1.13. The topological polar surface area (TPSA) is 113 Å². The van der Waals surface area contributed by atoms with Crippen molar-refractivity contribution in [3.05, 3.63) is 18.0 Å². The summed E-state index contributed by atoms with van der Waals surface area (Å²) in [4.78, 5) is 22.0. The minimum atomic E-state index is -0.824. The minimum Gasteiger partial charge on any atom is -0.462 e. The van der Waals surface area contributed by atoms with Crippen LogP contribution in [0.2, 0.25) is 0 Å². The van der Waals surface area contributed by atoms with Crippen LogP contribution >= 0.6 is 0 Å². The molecule has 88 valence electrons. The van der Waals surface area contributed by atoms with Crippen LogP contribution in [0.15, 0.2) is 12.4 Å². The summed E-state index contributed by atoms with van der Waals surface area (Å²) in [5, 5.41) is 3.87. The van der Waals surface area contributed by atoms with Crippen molar-refractivity contribution in [2.45, 2.75) is 19.5 Å². The first-order chi connectivity index (χ1) is 7.54. The number of amides is 1. The summed E-state index contributed by atoms with van der Waals surface area (Å²) in [6.07, 6.45) is 2.81. The lowest BCUT2D eigenvalue weighted by Gasteiger charge is -2.06. The predicted molar refractivity (Wildman–Crippen MR) is 55.4 cm³/mol. The lowest BCUT2D eigenvalue weighted by Crippen LogP contribution is -2.39. The summed E-state index contributed by atoms with van der Waals surface area (Å²) in [6.45, 7) is 2.14. The zero-order chi connectivity index (χ0) is 12.1. The molecule has 0 saturated carbocycles. The second-order valence-corrected chi connectivity index (χ2v) is 3.18. The van der Waals surface area contributed by atoms with E-state index in [1.165, 1.54) is 17.1 Å². The lowest BCUT2D eigenvalue weighted by atomic mass is 10.3. The Hall–Kier alpha value is -1.89. The number of aromatic nitrogens is 2. The summed E-state index contributed by atoms with van der Waals surface area (Å²) < 4.78 is 6.16. The van der Waals surface area contributed by atoms with Crippen LogP contribution in [0.1, 0.15) is 17.3 Å².